The fourth-order valence-corrected chi connectivity index (χ4v) is 2.56. The van der Waals surface area contributed by atoms with Gasteiger partial charge in [-0.2, -0.15) is 0 Å². The topological polar surface area (TPSA) is 92.2 Å². The fourth-order valence-electron chi connectivity index (χ4n) is 2.56. The number of amides is 3. The van der Waals surface area contributed by atoms with Crippen LogP contribution in [-0.4, -0.2) is 69.1 Å². The van der Waals surface area contributed by atoms with Crippen LogP contribution in [0.3, 0.4) is 0 Å². The van der Waals surface area contributed by atoms with Crippen molar-refractivity contribution in [1.82, 2.24) is 4.90 Å². The molecule has 1 aliphatic heterocycles. The first kappa shape index (κ1) is 18.9. The van der Waals surface area contributed by atoms with E-state index in [1.807, 2.05) is 7.05 Å². The average Bonchev–Trinajstić information content (AvgIpc) is 2.56. The number of morpholine rings is 1. The minimum atomic E-state index is -0.167. The average molecular weight is 349 g/mol. The van der Waals surface area contributed by atoms with Gasteiger partial charge >= 0.3 is 0 Å². The predicted octanol–water partition coefficient (Wildman–Crippen LogP) is -1.04. The lowest BCUT2D eigenvalue weighted by Gasteiger charge is -2.27. The minimum absolute atomic E-state index is 0.0354. The maximum absolute atomic E-state index is 12.2. The molecule has 0 radical (unpaired) electrons. The van der Waals surface area contributed by atoms with Gasteiger partial charge in [-0.25, -0.2) is 0 Å². The number of rotatable bonds is 6. The smallest absolute Gasteiger partial charge is 0.279 e. The van der Waals surface area contributed by atoms with Gasteiger partial charge in [0.1, 0.15) is 0 Å². The molecule has 25 heavy (non-hydrogen) atoms. The van der Waals surface area contributed by atoms with Gasteiger partial charge < -0.3 is 25.2 Å². The Morgan fingerprint density at radius 3 is 2.16 bits per heavy atom. The summed E-state index contributed by atoms with van der Waals surface area (Å²) < 4.78 is 5.23. The molecule has 8 heteroatoms. The molecule has 3 N–H and O–H groups in total. The third-order valence-corrected chi connectivity index (χ3v) is 3.77. The van der Waals surface area contributed by atoms with Gasteiger partial charge in [-0.15, -0.1) is 0 Å². The quantitative estimate of drug-likeness (QED) is 0.612. The second-order valence-electron chi connectivity index (χ2n) is 6.11. The van der Waals surface area contributed by atoms with Crippen LogP contribution in [0.2, 0.25) is 0 Å². The van der Waals surface area contributed by atoms with E-state index in [1.165, 1.54) is 6.92 Å². The highest BCUT2D eigenvalue weighted by Gasteiger charge is 2.21. The number of nitrogens with one attached hydrogen (secondary N) is 3. The Bertz CT molecular complexity index is 612. The Kier molecular flexibility index (Phi) is 6.91. The Labute approximate surface area is 147 Å². The zero-order chi connectivity index (χ0) is 18.2. The summed E-state index contributed by atoms with van der Waals surface area (Å²) in [5, 5.41) is 5.45. The van der Waals surface area contributed by atoms with Crippen molar-refractivity contribution < 1.29 is 24.0 Å². The van der Waals surface area contributed by atoms with E-state index in [4.69, 9.17) is 4.74 Å². The molecule has 8 nitrogen and oxygen atoms in total. The molecule has 0 aromatic heterocycles. The molecule has 3 amide bonds. The molecular formula is C17H25N4O4+. The highest BCUT2D eigenvalue weighted by atomic mass is 16.5. The van der Waals surface area contributed by atoms with Crippen LogP contribution in [-0.2, 0) is 19.1 Å². The van der Waals surface area contributed by atoms with Gasteiger partial charge in [0.25, 0.3) is 11.8 Å². The SMILES string of the molecule is CC(=O)Nc1ccc(NC(=O)C[NH+](C)CC(=O)N2CCOCC2)cc1. The molecule has 1 aromatic carbocycles. The third kappa shape index (κ3) is 6.52. The predicted molar refractivity (Wildman–Crippen MR) is 93.4 cm³/mol. The Balaban J connectivity index is 1.76. The first-order valence-electron chi connectivity index (χ1n) is 8.28. The molecule has 1 aromatic rings. The molecule has 1 saturated heterocycles. The lowest BCUT2D eigenvalue weighted by molar-refractivity contribution is -0.862. The van der Waals surface area contributed by atoms with Crippen LogP contribution < -0.4 is 15.5 Å². The summed E-state index contributed by atoms with van der Waals surface area (Å²) in [5.74, 6) is -0.278. The van der Waals surface area contributed by atoms with E-state index in [0.717, 1.165) is 4.90 Å². The molecule has 1 fully saturated rings. The second-order valence-corrected chi connectivity index (χ2v) is 6.11. The van der Waals surface area contributed by atoms with Gasteiger partial charge in [0, 0.05) is 31.4 Å². The summed E-state index contributed by atoms with van der Waals surface area (Å²) in [6, 6.07) is 6.87. The number of anilines is 2. The largest absolute Gasteiger partial charge is 0.378 e. The Hall–Kier alpha value is -2.45. The molecule has 1 atom stereocenters. The van der Waals surface area contributed by atoms with Gasteiger partial charge in [0.05, 0.1) is 20.3 Å². The molecule has 0 spiro atoms. The maximum Gasteiger partial charge on any atom is 0.279 e. The second kappa shape index (κ2) is 9.14. The molecule has 0 aliphatic carbocycles. The summed E-state index contributed by atoms with van der Waals surface area (Å²) in [4.78, 5) is 37.8. The molecule has 0 bridgehead atoms. The lowest BCUT2D eigenvalue weighted by Crippen LogP contribution is -3.11. The van der Waals surface area contributed by atoms with Gasteiger partial charge in [0.2, 0.25) is 5.91 Å². The van der Waals surface area contributed by atoms with Gasteiger partial charge in [-0.05, 0) is 24.3 Å². The summed E-state index contributed by atoms with van der Waals surface area (Å²) >= 11 is 0. The normalized spacial score (nSPS) is 15.4. The molecule has 1 heterocycles. The van der Waals surface area contributed by atoms with Crippen molar-refractivity contribution in [3.63, 3.8) is 0 Å². The van der Waals surface area contributed by atoms with E-state index in [9.17, 15) is 14.4 Å². The molecule has 1 unspecified atom stereocenters. The van der Waals surface area contributed by atoms with Crippen LogP contribution in [0.25, 0.3) is 0 Å². The molecule has 2 rings (SSSR count). The van der Waals surface area contributed by atoms with Gasteiger partial charge in [0.15, 0.2) is 13.1 Å². The number of hydrogen-bond donors (Lipinski definition) is 3. The van der Waals surface area contributed by atoms with Gasteiger partial charge in [-0.3, -0.25) is 14.4 Å². The number of nitrogens with zero attached hydrogens (tertiary/aromatic N) is 1. The highest BCUT2D eigenvalue weighted by molar-refractivity contribution is 5.92. The van der Waals surface area contributed by atoms with Crippen molar-refractivity contribution in [2.75, 3.05) is 57.1 Å². The third-order valence-electron chi connectivity index (χ3n) is 3.77. The van der Waals surface area contributed by atoms with Crippen molar-refractivity contribution >= 4 is 29.1 Å². The Morgan fingerprint density at radius 1 is 1.04 bits per heavy atom. The van der Waals surface area contributed by atoms with E-state index in [1.54, 1.807) is 29.2 Å². The summed E-state index contributed by atoms with van der Waals surface area (Å²) in [6.45, 7) is 4.27. The molecular weight excluding hydrogens is 324 g/mol. The summed E-state index contributed by atoms with van der Waals surface area (Å²) in [5.41, 5.74) is 1.32. The van der Waals surface area contributed by atoms with Crippen LogP contribution in [0.5, 0.6) is 0 Å². The molecule has 136 valence electrons. The van der Waals surface area contributed by atoms with Crippen molar-refractivity contribution in [3.05, 3.63) is 24.3 Å². The van der Waals surface area contributed by atoms with Crippen LogP contribution in [0.4, 0.5) is 11.4 Å². The lowest BCUT2D eigenvalue weighted by atomic mass is 10.2. The van der Waals surface area contributed by atoms with E-state index in [2.05, 4.69) is 10.6 Å². The molecule has 1 aliphatic rings. The van der Waals surface area contributed by atoms with E-state index >= 15 is 0 Å². The van der Waals surface area contributed by atoms with Crippen molar-refractivity contribution in [3.8, 4) is 0 Å². The molecule has 0 saturated carbocycles. The number of likely N-dealkylation sites (N-methyl/N-ethyl adjacent to an activating group) is 1. The number of quaternary nitrogens is 1. The maximum atomic E-state index is 12.2. The number of benzene rings is 1. The standard InChI is InChI=1S/C17H24N4O4/c1-13(22)18-14-3-5-15(6-4-14)19-16(23)11-20(2)12-17(24)21-7-9-25-10-8-21/h3-6H,7-12H2,1-2H3,(H,18,22)(H,19,23)/p+1. The van der Waals surface area contributed by atoms with E-state index in [-0.39, 0.29) is 30.8 Å². The highest BCUT2D eigenvalue weighted by Crippen LogP contribution is 2.13. The number of hydrogen-bond acceptors (Lipinski definition) is 4. The number of ether oxygens (including phenoxy) is 1. The zero-order valence-corrected chi connectivity index (χ0v) is 14.6. The first-order chi connectivity index (χ1) is 11.9. The number of carbonyl (C=O) groups excluding carboxylic acids is 3. The first-order valence-corrected chi connectivity index (χ1v) is 8.28. The van der Waals surface area contributed by atoms with Crippen LogP contribution in [0.15, 0.2) is 24.3 Å². The monoisotopic (exact) mass is 349 g/mol. The van der Waals surface area contributed by atoms with Gasteiger partial charge in [-0.1, -0.05) is 0 Å². The summed E-state index contributed by atoms with van der Waals surface area (Å²) in [7, 11) is 1.82. The van der Waals surface area contributed by atoms with Crippen LogP contribution in [0.1, 0.15) is 6.92 Å². The van der Waals surface area contributed by atoms with Crippen LogP contribution in [0, 0.1) is 0 Å². The van der Waals surface area contributed by atoms with Crippen molar-refractivity contribution in [2.24, 2.45) is 0 Å². The van der Waals surface area contributed by atoms with Crippen molar-refractivity contribution in [1.29, 1.82) is 0 Å². The fraction of sp³-hybridized carbons (Fsp3) is 0.471. The minimum Gasteiger partial charge on any atom is -0.378 e. The zero-order valence-electron chi connectivity index (χ0n) is 14.6. The van der Waals surface area contributed by atoms with Crippen molar-refractivity contribution in [2.45, 2.75) is 6.92 Å². The van der Waals surface area contributed by atoms with E-state index in [0.29, 0.717) is 37.7 Å². The summed E-state index contributed by atoms with van der Waals surface area (Å²) in [6.07, 6.45) is 0. The number of carbonyl (C=O) groups is 3. The van der Waals surface area contributed by atoms with Crippen LogP contribution >= 0.6 is 0 Å². The van der Waals surface area contributed by atoms with E-state index < -0.39 is 0 Å². The Morgan fingerprint density at radius 2 is 1.60 bits per heavy atom.